The molecule has 1 aromatic carbocycles. The summed E-state index contributed by atoms with van der Waals surface area (Å²) in [5.41, 5.74) is 10.4. The molecular formula is C14H16N4S3. The fourth-order valence-electron chi connectivity index (χ4n) is 1.75. The van der Waals surface area contributed by atoms with Crippen molar-refractivity contribution in [2.45, 2.75) is 17.6 Å². The smallest absolute Gasteiger partial charge is 0.151 e. The third kappa shape index (κ3) is 4.87. The zero-order chi connectivity index (χ0) is 15.2. The molecule has 4 N–H and O–H groups in total. The number of nitrogens with zero attached hydrogens (tertiary/aromatic N) is 1. The van der Waals surface area contributed by atoms with E-state index in [1.807, 2.05) is 5.51 Å². The molecule has 0 saturated carbocycles. The second kappa shape index (κ2) is 7.63. The van der Waals surface area contributed by atoms with Gasteiger partial charge in [-0.3, -0.25) is 10.8 Å². The van der Waals surface area contributed by atoms with Crippen molar-refractivity contribution in [2.24, 2.45) is 5.73 Å². The highest BCUT2D eigenvalue weighted by Gasteiger charge is 2.10. The molecular weight excluding hydrogens is 320 g/mol. The Hall–Kier alpha value is -1.31. The third-order valence-electron chi connectivity index (χ3n) is 2.66. The first-order valence-corrected chi connectivity index (χ1v) is 8.97. The number of thioether (sulfide) groups is 2. The van der Waals surface area contributed by atoms with E-state index in [1.165, 1.54) is 29.1 Å². The van der Waals surface area contributed by atoms with Crippen LogP contribution in [0, 0.1) is 10.8 Å². The van der Waals surface area contributed by atoms with Crippen LogP contribution in [0.5, 0.6) is 0 Å². The Balaban J connectivity index is 2.07. The quantitative estimate of drug-likeness (QED) is 0.436. The van der Waals surface area contributed by atoms with Crippen molar-refractivity contribution in [3.63, 3.8) is 0 Å². The van der Waals surface area contributed by atoms with Gasteiger partial charge in [0.1, 0.15) is 0 Å². The maximum absolute atomic E-state index is 7.59. The van der Waals surface area contributed by atoms with Gasteiger partial charge in [0, 0.05) is 11.3 Å². The van der Waals surface area contributed by atoms with E-state index in [1.54, 1.807) is 18.3 Å². The van der Waals surface area contributed by atoms with Crippen molar-refractivity contribution in [1.29, 1.82) is 10.8 Å². The highest BCUT2D eigenvalue weighted by atomic mass is 32.2. The van der Waals surface area contributed by atoms with Gasteiger partial charge in [0.25, 0.3) is 0 Å². The summed E-state index contributed by atoms with van der Waals surface area (Å²) in [6, 6.07) is 8.29. The Morgan fingerprint density at radius 3 is 2.62 bits per heavy atom. The Kier molecular flexibility index (Phi) is 5.84. The van der Waals surface area contributed by atoms with Gasteiger partial charge in [-0.2, -0.15) is 0 Å². The molecule has 0 saturated heterocycles. The normalized spacial score (nSPS) is 10.5. The number of nitrogens with one attached hydrogen (secondary N) is 2. The summed E-state index contributed by atoms with van der Waals surface area (Å²) in [7, 11) is 0. The molecule has 2 aromatic rings. The lowest BCUT2D eigenvalue weighted by Crippen LogP contribution is -2.05. The Morgan fingerprint density at radius 1 is 1.29 bits per heavy atom. The lowest BCUT2D eigenvalue weighted by atomic mass is 10.1. The largest absolute Gasteiger partial charge is 0.379 e. The molecule has 0 fully saturated rings. The number of nitrogens with two attached hydrogens (primary N) is 1. The second-order valence-corrected chi connectivity index (χ2v) is 7.78. The molecule has 21 heavy (non-hydrogen) atoms. The number of amidine groups is 1. The van der Waals surface area contributed by atoms with E-state index in [0.29, 0.717) is 5.04 Å². The topological polar surface area (TPSA) is 86.6 Å². The molecule has 7 heteroatoms. The van der Waals surface area contributed by atoms with Gasteiger partial charge in [-0.05, 0) is 18.9 Å². The number of hydrogen-bond donors (Lipinski definition) is 3. The van der Waals surface area contributed by atoms with Gasteiger partial charge in [0.2, 0.25) is 0 Å². The molecule has 0 radical (unpaired) electrons. The van der Waals surface area contributed by atoms with Crippen LogP contribution in [0.1, 0.15) is 12.5 Å². The molecule has 0 amide bonds. The van der Waals surface area contributed by atoms with Crippen molar-refractivity contribution in [1.82, 2.24) is 4.98 Å². The average molecular weight is 337 g/mol. The number of aryl methyl sites for hydroxylation is 1. The van der Waals surface area contributed by atoms with Crippen molar-refractivity contribution in [3.05, 3.63) is 35.3 Å². The zero-order valence-corrected chi connectivity index (χ0v) is 14.0. The van der Waals surface area contributed by atoms with Gasteiger partial charge >= 0.3 is 0 Å². The standard InChI is InChI=1S/C14H16N4S3/c1-9(15)21-13-12(18-8-20-13)11-4-2-10(3-5-11)6-7-19-14(16)17/h2-5,8,15H,6-7H2,1H3,(H3,16,17). The molecule has 1 heterocycles. The van der Waals surface area contributed by atoms with Crippen LogP contribution >= 0.6 is 34.9 Å². The molecule has 0 aliphatic rings. The Bertz CT molecular complexity index is 634. The van der Waals surface area contributed by atoms with Crippen LogP contribution in [0.3, 0.4) is 0 Å². The predicted molar refractivity (Wildman–Crippen MR) is 94.9 cm³/mol. The molecule has 0 atom stereocenters. The van der Waals surface area contributed by atoms with Crippen LogP contribution in [-0.4, -0.2) is 20.9 Å². The van der Waals surface area contributed by atoms with E-state index in [9.17, 15) is 0 Å². The van der Waals surface area contributed by atoms with Crippen LogP contribution in [0.15, 0.2) is 34.0 Å². The second-order valence-electron chi connectivity index (χ2n) is 4.31. The van der Waals surface area contributed by atoms with E-state index in [0.717, 1.165) is 27.6 Å². The van der Waals surface area contributed by atoms with Crippen LogP contribution in [0.2, 0.25) is 0 Å². The van der Waals surface area contributed by atoms with Gasteiger partial charge in [-0.25, -0.2) is 4.98 Å². The highest BCUT2D eigenvalue weighted by Crippen LogP contribution is 2.34. The molecule has 0 spiro atoms. The van der Waals surface area contributed by atoms with Crippen molar-refractivity contribution < 1.29 is 0 Å². The van der Waals surface area contributed by atoms with E-state index < -0.39 is 0 Å². The van der Waals surface area contributed by atoms with Gasteiger partial charge in [0.15, 0.2) is 5.17 Å². The molecule has 0 unspecified atom stereocenters. The van der Waals surface area contributed by atoms with Crippen molar-refractivity contribution in [3.8, 4) is 11.3 Å². The van der Waals surface area contributed by atoms with Gasteiger partial charge in [-0.15, -0.1) is 11.3 Å². The van der Waals surface area contributed by atoms with E-state index >= 15 is 0 Å². The monoisotopic (exact) mass is 336 g/mol. The number of rotatable bonds is 5. The Morgan fingerprint density at radius 2 is 2.00 bits per heavy atom. The maximum atomic E-state index is 7.59. The predicted octanol–water partition coefficient (Wildman–Crippen LogP) is 4.07. The summed E-state index contributed by atoms with van der Waals surface area (Å²) >= 11 is 4.37. The molecule has 0 bridgehead atoms. The first kappa shape index (κ1) is 16.1. The number of hydrogen-bond acceptors (Lipinski definition) is 6. The number of aromatic nitrogens is 1. The molecule has 1 aromatic heterocycles. The highest BCUT2D eigenvalue weighted by molar-refractivity contribution is 8.15. The Labute approximate surface area is 136 Å². The summed E-state index contributed by atoms with van der Waals surface area (Å²) in [5.74, 6) is 0.819. The summed E-state index contributed by atoms with van der Waals surface area (Å²) in [6.45, 7) is 1.78. The molecule has 2 rings (SSSR count). The van der Waals surface area contributed by atoms with Crippen molar-refractivity contribution in [2.75, 3.05) is 5.75 Å². The minimum absolute atomic E-state index is 0.165. The maximum Gasteiger partial charge on any atom is 0.151 e. The molecule has 0 aliphatic carbocycles. The van der Waals surface area contributed by atoms with E-state index in [4.69, 9.17) is 16.6 Å². The average Bonchev–Trinajstić information content (AvgIpc) is 2.86. The lowest BCUT2D eigenvalue weighted by Gasteiger charge is -2.04. The number of thiazole rings is 1. The SMILES string of the molecule is CC(=N)Sc1scnc1-c1ccc(CCSC(=N)N)cc1. The summed E-state index contributed by atoms with van der Waals surface area (Å²) in [4.78, 5) is 4.41. The first-order chi connectivity index (χ1) is 10.1. The minimum Gasteiger partial charge on any atom is -0.379 e. The van der Waals surface area contributed by atoms with Crippen molar-refractivity contribution >= 4 is 45.1 Å². The fourth-order valence-corrected chi connectivity index (χ4v) is 4.08. The summed E-state index contributed by atoms with van der Waals surface area (Å²) in [6.07, 6.45) is 0.892. The van der Waals surface area contributed by atoms with Gasteiger partial charge in [-0.1, -0.05) is 47.8 Å². The molecule has 110 valence electrons. The molecule has 0 aliphatic heterocycles. The summed E-state index contributed by atoms with van der Waals surface area (Å²) < 4.78 is 1.06. The summed E-state index contributed by atoms with van der Waals surface area (Å²) in [5, 5.41) is 15.5. The first-order valence-electron chi connectivity index (χ1n) is 6.29. The van der Waals surface area contributed by atoms with Crippen LogP contribution in [0.4, 0.5) is 0 Å². The lowest BCUT2D eigenvalue weighted by molar-refractivity contribution is 1.16. The fraction of sp³-hybridized carbons (Fsp3) is 0.214. The number of benzene rings is 1. The van der Waals surface area contributed by atoms with Crippen LogP contribution in [0.25, 0.3) is 11.3 Å². The molecule has 4 nitrogen and oxygen atoms in total. The zero-order valence-electron chi connectivity index (χ0n) is 11.6. The van der Waals surface area contributed by atoms with Gasteiger partial charge in [0.05, 0.1) is 20.5 Å². The van der Waals surface area contributed by atoms with Crippen LogP contribution < -0.4 is 5.73 Å². The van der Waals surface area contributed by atoms with E-state index in [2.05, 4.69) is 29.2 Å². The minimum atomic E-state index is 0.165. The van der Waals surface area contributed by atoms with Gasteiger partial charge < -0.3 is 5.73 Å². The third-order valence-corrected chi connectivity index (χ3v) is 5.22. The van der Waals surface area contributed by atoms with E-state index in [-0.39, 0.29) is 5.17 Å². The van der Waals surface area contributed by atoms with Crippen LogP contribution in [-0.2, 0) is 6.42 Å².